The van der Waals surface area contributed by atoms with Crippen LogP contribution < -0.4 is 10.2 Å². The van der Waals surface area contributed by atoms with Crippen molar-refractivity contribution in [2.24, 2.45) is 0 Å². The van der Waals surface area contributed by atoms with Crippen LogP contribution in [0.3, 0.4) is 0 Å². The molecule has 0 saturated carbocycles. The van der Waals surface area contributed by atoms with E-state index in [9.17, 15) is 4.39 Å². The largest absolute Gasteiger partial charge is 0.392 e. The normalized spacial score (nSPS) is 21.2. The minimum atomic E-state index is -0.292. The van der Waals surface area contributed by atoms with E-state index in [4.69, 9.17) is 5.11 Å². The minimum Gasteiger partial charge on any atom is -0.392 e. The average Bonchev–Trinajstić information content (AvgIpc) is 2.29. The molecule has 1 atom stereocenters. The first kappa shape index (κ1) is 11.4. The van der Waals surface area contributed by atoms with Gasteiger partial charge in [0.2, 0.25) is 0 Å². The second-order valence-corrected chi connectivity index (χ2v) is 4.21. The first-order chi connectivity index (χ1) is 7.72. The van der Waals surface area contributed by atoms with Gasteiger partial charge in [-0.1, -0.05) is 12.1 Å². The molecule has 1 aliphatic rings. The molecule has 1 heterocycles. The average molecular weight is 224 g/mol. The molecule has 0 bridgehead atoms. The monoisotopic (exact) mass is 224 g/mol. The summed E-state index contributed by atoms with van der Waals surface area (Å²) in [5.74, 6) is -0.292. The molecule has 88 valence electrons. The van der Waals surface area contributed by atoms with Gasteiger partial charge in [-0.05, 0) is 13.0 Å². The van der Waals surface area contributed by atoms with Crippen LogP contribution in [0.1, 0.15) is 12.5 Å². The lowest BCUT2D eigenvalue weighted by molar-refractivity contribution is 0.275. The smallest absolute Gasteiger partial charge is 0.151 e. The minimum absolute atomic E-state index is 0.249. The molecule has 3 nitrogen and oxygen atoms in total. The van der Waals surface area contributed by atoms with Gasteiger partial charge in [0.15, 0.2) is 5.82 Å². The Kier molecular flexibility index (Phi) is 3.41. The molecule has 2 rings (SSSR count). The van der Waals surface area contributed by atoms with E-state index in [1.54, 1.807) is 18.2 Å². The lowest BCUT2D eigenvalue weighted by atomic mass is 10.1. The summed E-state index contributed by atoms with van der Waals surface area (Å²) in [7, 11) is 0. The van der Waals surface area contributed by atoms with Crippen molar-refractivity contribution in [3.05, 3.63) is 29.6 Å². The maximum Gasteiger partial charge on any atom is 0.151 e. The van der Waals surface area contributed by atoms with Gasteiger partial charge >= 0.3 is 0 Å². The van der Waals surface area contributed by atoms with Gasteiger partial charge < -0.3 is 15.3 Å². The molecule has 1 fully saturated rings. The summed E-state index contributed by atoms with van der Waals surface area (Å²) >= 11 is 0. The topological polar surface area (TPSA) is 35.5 Å². The number of piperazine rings is 1. The molecular weight excluding hydrogens is 207 g/mol. The highest BCUT2D eigenvalue weighted by molar-refractivity contribution is 5.50. The molecule has 1 unspecified atom stereocenters. The number of hydrogen-bond donors (Lipinski definition) is 2. The van der Waals surface area contributed by atoms with Gasteiger partial charge in [-0.15, -0.1) is 0 Å². The number of aliphatic hydroxyl groups excluding tert-OH is 1. The summed E-state index contributed by atoms with van der Waals surface area (Å²) in [6, 6.07) is 5.54. The number of anilines is 1. The van der Waals surface area contributed by atoms with Gasteiger partial charge in [-0.3, -0.25) is 0 Å². The molecule has 0 amide bonds. The number of hydrogen-bond acceptors (Lipinski definition) is 3. The quantitative estimate of drug-likeness (QED) is 0.790. The molecule has 0 aliphatic carbocycles. The Hall–Kier alpha value is -1.13. The highest BCUT2D eigenvalue weighted by Gasteiger charge is 2.19. The van der Waals surface area contributed by atoms with Crippen LogP contribution in [0.2, 0.25) is 0 Å². The first-order valence-corrected chi connectivity index (χ1v) is 5.59. The maximum atomic E-state index is 14.0. The van der Waals surface area contributed by atoms with Crippen LogP contribution >= 0.6 is 0 Å². The number of aliphatic hydroxyl groups is 1. The zero-order valence-corrected chi connectivity index (χ0v) is 9.41. The molecule has 2 N–H and O–H groups in total. The molecule has 4 heteroatoms. The molecule has 0 spiro atoms. The standard InChI is InChI=1S/C12H17FN2O/c1-9-7-15(6-5-14-9)11-4-2-3-10(8-16)12(11)13/h2-4,9,14,16H,5-8H2,1H3. The molecular formula is C12H17FN2O. The van der Waals surface area contributed by atoms with E-state index < -0.39 is 0 Å². The van der Waals surface area contributed by atoms with E-state index in [1.165, 1.54) is 0 Å². The van der Waals surface area contributed by atoms with Crippen LogP contribution in [0.15, 0.2) is 18.2 Å². The van der Waals surface area contributed by atoms with Gasteiger partial charge in [-0.25, -0.2) is 4.39 Å². The number of rotatable bonds is 2. The fraction of sp³-hybridized carbons (Fsp3) is 0.500. The summed E-state index contributed by atoms with van der Waals surface area (Å²) in [5, 5.41) is 12.3. The Balaban J connectivity index is 2.25. The second-order valence-electron chi connectivity index (χ2n) is 4.21. The van der Waals surface area contributed by atoms with Crippen LogP contribution in [0.5, 0.6) is 0 Å². The molecule has 0 radical (unpaired) electrons. The van der Waals surface area contributed by atoms with Crippen LogP contribution in [-0.2, 0) is 6.61 Å². The van der Waals surface area contributed by atoms with Crippen LogP contribution in [0.4, 0.5) is 10.1 Å². The Morgan fingerprint density at radius 2 is 2.38 bits per heavy atom. The van der Waals surface area contributed by atoms with Gasteiger partial charge in [0.1, 0.15) is 0 Å². The number of nitrogens with one attached hydrogen (secondary N) is 1. The summed E-state index contributed by atoms with van der Waals surface area (Å²) in [4.78, 5) is 2.02. The number of nitrogens with zero attached hydrogens (tertiary/aromatic N) is 1. The van der Waals surface area contributed by atoms with Crippen molar-refractivity contribution in [3.8, 4) is 0 Å². The van der Waals surface area contributed by atoms with Gasteiger partial charge in [0, 0.05) is 31.2 Å². The predicted molar refractivity (Wildman–Crippen MR) is 62.0 cm³/mol. The zero-order chi connectivity index (χ0) is 11.5. The Morgan fingerprint density at radius 1 is 1.56 bits per heavy atom. The van der Waals surface area contributed by atoms with E-state index in [1.807, 2.05) is 4.90 Å². The number of benzene rings is 1. The van der Waals surface area contributed by atoms with Crippen molar-refractivity contribution in [2.75, 3.05) is 24.5 Å². The van der Waals surface area contributed by atoms with Gasteiger partial charge in [0.25, 0.3) is 0 Å². The molecule has 1 saturated heterocycles. The zero-order valence-electron chi connectivity index (χ0n) is 9.41. The fourth-order valence-electron chi connectivity index (χ4n) is 2.08. The van der Waals surface area contributed by atoms with Crippen LogP contribution in [-0.4, -0.2) is 30.8 Å². The van der Waals surface area contributed by atoms with Crippen LogP contribution in [0, 0.1) is 5.82 Å². The van der Waals surface area contributed by atoms with Gasteiger partial charge in [-0.2, -0.15) is 0 Å². The van der Waals surface area contributed by atoms with Crippen LogP contribution in [0.25, 0.3) is 0 Å². The molecule has 0 aromatic heterocycles. The first-order valence-electron chi connectivity index (χ1n) is 5.59. The van der Waals surface area contributed by atoms with Crippen molar-refractivity contribution in [3.63, 3.8) is 0 Å². The van der Waals surface area contributed by atoms with Crippen molar-refractivity contribution in [1.82, 2.24) is 5.32 Å². The Bertz CT molecular complexity index is 370. The third-order valence-corrected chi connectivity index (χ3v) is 2.94. The third kappa shape index (κ3) is 2.18. The van der Waals surface area contributed by atoms with E-state index >= 15 is 0 Å². The molecule has 1 aliphatic heterocycles. The number of halogens is 1. The Morgan fingerprint density at radius 3 is 3.06 bits per heavy atom. The summed E-state index contributed by atoms with van der Waals surface area (Å²) < 4.78 is 14.0. The predicted octanol–water partition coefficient (Wildman–Crippen LogP) is 1.12. The van der Waals surface area contributed by atoms with Crippen molar-refractivity contribution in [2.45, 2.75) is 19.6 Å². The second kappa shape index (κ2) is 4.80. The van der Waals surface area contributed by atoms with E-state index in [2.05, 4.69) is 12.2 Å². The highest BCUT2D eigenvalue weighted by atomic mass is 19.1. The van der Waals surface area contributed by atoms with Crippen molar-refractivity contribution < 1.29 is 9.50 Å². The van der Waals surface area contributed by atoms with Gasteiger partial charge in [0.05, 0.1) is 12.3 Å². The molecule has 1 aromatic carbocycles. The fourth-order valence-corrected chi connectivity index (χ4v) is 2.08. The lowest BCUT2D eigenvalue weighted by Gasteiger charge is -2.34. The molecule has 16 heavy (non-hydrogen) atoms. The summed E-state index contributed by atoms with van der Waals surface area (Å²) in [6.07, 6.45) is 0. The van der Waals surface area contributed by atoms with E-state index in [0.717, 1.165) is 19.6 Å². The van der Waals surface area contributed by atoms with E-state index in [0.29, 0.717) is 17.3 Å². The van der Waals surface area contributed by atoms with Crippen molar-refractivity contribution in [1.29, 1.82) is 0 Å². The summed E-state index contributed by atoms with van der Waals surface area (Å²) in [5.41, 5.74) is 0.962. The third-order valence-electron chi connectivity index (χ3n) is 2.94. The Labute approximate surface area is 94.9 Å². The van der Waals surface area contributed by atoms with Crippen molar-refractivity contribution >= 4 is 5.69 Å². The summed E-state index contributed by atoms with van der Waals surface area (Å²) in [6.45, 7) is 4.30. The maximum absolute atomic E-state index is 14.0. The highest BCUT2D eigenvalue weighted by Crippen LogP contribution is 2.23. The SMILES string of the molecule is CC1CN(c2cccc(CO)c2F)CCN1. The molecule has 1 aromatic rings. The lowest BCUT2D eigenvalue weighted by Crippen LogP contribution is -2.49. The van der Waals surface area contributed by atoms with E-state index in [-0.39, 0.29) is 12.4 Å².